The van der Waals surface area contributed by atoms with Gasteiger partial charge in [-0.1, -0.05) is 0 Å². The lowest BCUT2D eigenvalue weighted by molar-refractivity contribution is 0.0306. The zero-order valence-corrected chi connectivity index (χ0v) is 12.9. The van der Waals surface area contributed by atoms with Gasteiger partial charge in [-0.05, 0) is 18.2 Å². The summed E-state index contributed by atoms with van der Waals surface area (Å²) in [6, 6.07) is 5.61. The van der Waals surface area contributed by atoms with Gasteiger partial charge in [0.25, 0.3) is 5.91 Å². The van der Waals surface area contributed by atoms with Crippen LogP contribution in [-0.2, 0) is 4.74 Å². The van der Waals surface area contributed by atoms with Crippen molar-refractivity contribution in [1.29, 1.82) is 0 Å². The quantitative estimate of drug-likeness (QED) is 0.873. The zero-order valence-electron chi connectivity index (χ0n) is 12.0. The Morgan fingerprint density at radius 2 is 1.86 bits per heavy atom. The van der Waals surface area contributed by atoms with Crippen LogP contribution in [0.3, 0.4) is 0 Å². The molecule has 2 heterocycles. The molecule has 0 aliphatic carbocycles. The minimum absolute atomic E-state index is 0.0450. The Hall–Kier alpha value is -1.79. The van der Waals surface area contributed by atoms with Crippen molar-refractivity contribution in [3.8, 4) is 11.5 Å². The molecule has 21 heavy (non-hydrogen) atoms. The first kappa shape index (κ1) is 14.2. The van der Waals surface area contributed by atoms with Crippen molar-refractivity contribution in [2.24, 2.45) is 0 Å². The summed E-state index contributed by atoms with van der Waals surface area (Å²) >= 11 is 1.44. The van der Waals surface area contributed by atoms with Crippen molar-refractivity contribution < 1.29 is 19.0 Å². The standard InChI is InChI=1S/C15H17NO4S/c1-18-11-3-4-12(19-2)14-10(11)9-13(21-14)15(17)16-5-7-20-8-6-16/h3-4,9H,5-8H2,1-2H3. The van der Waals surface area contributed by atoms with E-state index in [0.717, 1.165) is 21.6 Å². The number of carbonyl (C=O) groups excluding carboxylic acids is 1. The summed E-state index contributed by atoms with van der Waals surface area (Å²) < 4.78 is 17.0. The fraction of sp³-hybridized carbons (Fsp3) is 0.400. The number of amides is 1. The number of thiophene rings is 1. The Morgan fingerprint density at radius 3 is 2.52 bits per heavy atom. The second kappa shape index (κ2) is 5.91. The summed E-state index contributed by atoms with van der Waals surface area (Å²) in [4.78, 5) is 15.1. The largest absolute Gasteiger partial charge is 0.496 e. The maximum atomic E-state index is 12.6. The van der Waals surface area contributed by atoms with E-state index in [1.54, 1.807) is 14.2 Å². The van der Waals surface area contributed by atoms with Gasteiger partial charge in [-0.3, -0.25) is 4.79 Å². The molecule has 0 unspecified atom stereocenters. The monoisotopic (exact) mass is 307 g/mol. The Labute approximate surface area is 127 Å². The van der Waals surface area contributed by atoms with Crippen LogP contribution in [0.15, 0.2) is 18.2 Å². The molecule has 5 nitrogen and oxygen atoms in total. The normalized spacial score (nSPS) is 15.2. The molecule has 1 aromatic carbocycles. The van der Waals surface area contributed by atoms with Crippen LogP contribution in [0.5, 0.6) is 11.5 Å². The number of benzene rings is 1. The molecule has 2 aromatic rings. The second-order valence-electron chi connectivity index (χ2n) is 4.73. The Bertz CT molecular complexity index is 620. The fourth-order valence-electron chi connectivity index (χ4n) is 2.44. The van der Waals surface area contributed by atoms with Gasteiger partial charge in [-0.25, -0.2) is 0 Å². The molecule has 0 spiro atoms. The minimum atomic E-state index is 0.0450. The Balaban J connectivity index is 2.01. The summed E-state index contributed by atoms with van der Waals surface area (Å²) in [7, 11) is 3.26. The third-order valence-electron chi connectivity index (χ3n) is 3.56. The van der Waals surface area contributed by atoms with Gasteiger partial charge in [-0.2, -0.15) is 0 Å². The van der Waals surface area contributed by atoms with E-state index in [4.69, 9.17) is 14.2 Å². The molecular weight excluding hydrogens is 290 g/mol. The van der Waals surface area contributed by atoms with Crippen molar-refractivity contribution in [2.75, 3.05) is 40.5 Å². The number of fused-ring (bicyclic) bond motifs is 1. The van der Waals surface area contributed by atoms with E-state index in [2.05, 4.69) is 0 Å². The number of hydrogen-bond acceptors (Lipinski definition) is 5. The van der Waals surface area contributed by atoms with Gasteiger partial charge in [0.2, 0.25) is 0 Å². The smallest absolute Gasteiger partial charge is 0.264 e. The highest BCUT2D eigenvalue weighted by atomic mass is 32.1. The second-order valence-corrected chi connectivity index (χ2v) is 5.78. The van der Waals surface area contributed by atoms with Crippen LogP contribution in [0.2, 0.25) is 0 Å². The van der Waals surface area contributed by atoms with Crippen LogP contribution in [0.1, 0.15) is 9.67 Å². The van der Waals surface area contributed by atoms with E-state index in [9.17, 15) is 4.79 Å². The maximum absolute atomic E-state index is 12.6. The van der Waals surface area contributed by atoms with Crippen molar-refractivity contribution in [3.63, 3.8) is 0 Å². The summed E-state index contributed by atoms with van der Waals surface area (Å²) in [6.45, 7) is 2.48. The van der Waals surface area contributed by atoms with Crippen molar-refractivity contribution >= 4 is 27.3 Å². The molecule has 1 amide bonds. The molecule has 1 saturated heterocycles. The highest BCUT2D eigenvalue weighted by Crippen LogP contribution is 2.39. The number of morpholine rings is 1. The van der Waals surface area contributed by atoms with Gasteiger partial charge < -0.3 is 19.1 Å². The molecule has 1 fully saturated rings. The third kappa shape index (κ3) is 2.56. The molecule has 1 aliphatic heterocycles. The van der Waals surface area contributed by atoms with Gasteiger partial charge in [0.15, 0.2) is 0 Å². The first-order valence-corrected chi connectivity index (χ1v) is 7.58. The number of ether oxygens (including phenoxy) is 3. The van der Waals surface area contributed by atoms with E-state index in [-0.39, 0.29) is 5.91 Å². The van der Waals surface area contributed by atoms with E-state index >= 15 is 0 Å². The first-order chi connectivity index (χ1) is 10.2. The molecule has 0 radical (unpaired) electrons. The zero-order chi connectivity index (χ0) is 14.8. The molecule has 3 rings (SSSR count). The van der Waals surface area contributed by atoms with E-state index in [0.29, 0.717) is 31.2 Å². The van der Waals surface area contributed by atoms with Crippen molar-refractivity contribution in [2.45, 2.75) is 0 Å². The summed E-state index contributed by atoms with van der Waals surface area (Å²) in [6.07, 6.45) is 0. The third-order valence-corrected chi connectivity index (χ3v) is 4.69. The number of hydrogen-bond donors (Lipinski definition) is 0. The number of nitrogens with zero attached hydrogens (tertiary/aromatic N) is 1. The van der Waals surface area contributed by atoms with E-state index in [1.807, 2.05) is 23.1 Å². The highest BCUT2D eigenvalue weighted by Gasteiger charge is 2.22. The molecule has 0 atom stereocenters. The number of methoxy groups -OCH3 is 2. The molecule has 0 bridgehead atoms. The average Bonchev–Trinajstić information content (AvgIpc) is 2.99. The molecule has 1 aliphatic rings. The Morgan fingerprint density at radius 1 is 1.19 bits per heavy atom. The average molecular weight is 307 g/mol. The lowest BCUT2D eigenvalue weighted by Crippen LogP contribution is -2.40. The van der Waals surface area contributed by atoms with Gasteiger partial charge >= 0.3 is 0 Å². The van der Waals surface area contributed by atoms with E-state index < -0.39 is 0 Å². The SMILES string of the molecule is COc1ccc(OC)c2sc(C(=O)N3CCOCC3)cc12. The van der Waals surface area contributed by atoms with Crippen molar-refractivity contribution in [1.82, 2.24) is 4.90 Å². The van der Waals surface area contributed by atoms with Crippen LogP contribution in [0.4, 0.5) is 0 Å². The minimum Gasteiger partial charge on any atom is -0.496 e. The van der Waals surface area contributed by atoms with Crippen LogP contribution >= 0.6 is 11.3 Å². The molecule has 1 aromatic heterocycles. The lowest BCUT2D eigenvalue weighted by atomic mass is 10.2. The molecule has 112 valence electrons. The molecule has 0 saturated carbocycles. The van der Waals surface area contributed by atoms with Gasteiger partial charge in [-0.15, -0.1) is 11.3 Å². The summed E-state index contributed by atoms with van der Waals surface area (Å²) in [5.74, 6) is 1.56. The topological polar surface area (TPSA) is 48.0 Å². The van der Waals surface area contributed by atoms with Crippen LogP contribution in [-0.4, -0.2) is 51.3 Å². The molecule has 6 heteroatoms. The molecular formula is C15H17NO4S. The van der Waals surface area contributed by atoms with E-state index in [1.165, 1.54) is 11.3 Å². The number of carbonyl (C=O) groups is 1. The maximum Gasteiger partial charge on any atom is 0.264 e. The predicted octanol–water partition coefficient (Wildman–Crippen LogP) is 2.39. The summed E-state index contributed by atoms with van der Waals surface area (Å²) in [5, 5.41) is 0.915. The molecule has 0 N–H and O–H groups in total. The first-order valence-electron chi connectivity index (χ1n) is 6.76. The fourth-order valence-corrected chi connectivity index (χ4v) is 3.57. The number of rotatable bonds is 3. The van der Waals surface area contributed by atoms with Gasteiger partial charge in [0.1, 0.15) is 11.5 Å². The Kier molecular flexibility index (Phi) is 3.98. The van der Waals surface area contributed by atoms with Gasteiger partial charge in [0, 0.05) is 18.5 Å². The van der Waals surface area contributed by atoms with Crippen molar-refractivity contribution in [3.05, 3.63) is 23.1 Å². The van der Waals surface area contributed by atoms with Gasteiger partial charge in [0.05, 0.1) is 37.0 Å². The van der Waals surface area contributed by atoms with Crippen LogP contribution in [0, 0.1) is 0 Å². The van der Waals surface area contributed by atoms with Crippen LogP contribution < -0.4 is 9.47 Å². The predicted molar refractivity (Wildman–Crippen MR) is 81.7 cm³/mol. The van der Waals surface area contributed by atoms with Crippen LogP contribution in [0.25, 0.3) is 10.1 Å². The highest BCUT2D eigenvalue weighted by molar-refractivity contribution is 7.21. The lowest BCUT2D eigenvalue weighted by Gasteiger charge is -2.26. The summed E-state index contributed by atoms with van der Waals surface area (Å²) in [5.41, 5.74) is 0.